The molecular formula is C30H21ClN6O5. The minimum Gasteiger partial charge on any atom is -0.465 e. The third-order valence-electron chi connectivity index (χ3n) is 7.32. The molecule has 0 aliphatic carbocycles. The van der Waals surface area contributed by atoms with Crippen molar-refractivity contribution in [2.75, 3.05) is 5.32 Å². The Bertz CT molecular complexity index is 2000. The van der Waals surface area contributed by atoms with Crippen LogP contribution >= 0.6 is 11.6 Å². The van der Waals surface area contributed by atoms with Gasteiger partial charge in [-0.1, -0.05) is 35.9 Å². The number of carboxylic acid groups (broad SMARTS) is 1. The number of anilines is 1. The van der Waals surface area contributed by atoms with Crippen LogP contribution in [0.3, 0.4) is 0 Å². The highest BCUT2D eigenvalue weighted by Gasteiger charge is 2.30. The van der Waals surface area contributed by atoms with Crippen LogP contribution in [0.5, 0.6) is 0 Å². The minimum atomic E-state index is -1.04. The summed E-state index contributed by atoms with van der Waals surface area (Å²) < 4.78 is 7.57. The zero-order valence-corrected chi connectivity index (χ0v) is 23.1. The summed E-state index contributed by atoms with van der Waals surface area (Å²) in [4.78, 5) is 46.0. The number of hydrogen-bond acceptors (Lipinski definition) is 7. The van der Waals surface area contributed by atoms with Gasteiger partial charge in [0, 0.05) is 23.7 Å². The van der Waals surface area contributed by atoms with Gasteiger partial charge < -0.3 is 19.4 Å². The maximum absolute atomic E-state index is 13.2. The lowest BCUT2D eigenvalue weighted by atomic mass is 9.96. The normalized spacial score (nSPS) is 12.3. The minimum absolute atomic E-state index is 0.119. The lowest BCUT2D eigenvalue weighted by Crippen LogP contribution is -2.25. The summed E-state index contributed by atoms with van der Waals surface area (Å²) >= 11 is 6.83. The molecule has 12 heteroatoms. The standard InChI is InChI=1S/C30H21ClN6O5/c1-15-18(5-3-6-19(15)29-35-22-10-16(14-38)9-17(11-32)26(22)42-29)20-7-4-8-21(25(20)31)34-28(39)27-33-23-12-37(30(40)41)13-24(23)36(27)2/h3-10,14H,12-13H2,1-2H3,(H,34,39)(H,40,41). The number of aldehydes is 1. The maximum Gasteiger partial charge on any atom is 0.408 e. The highest BCUT2D eigenvalue weighted by molar-refractivity contribution is 6.36. The van der Waals surface area contributed by atoms with Crippen molar-refractivity contribution in [2.24, 2.45) is 7.05 Å². The average Bonchev–Trinajstić information content (AvgIpc) is 3.68. The number of carbonyl (C=O) groups excluding carboxylic acids is 2. The molecule has 6 rings (SSSR count). The van der Waals surface area contributed by atoms with Gasteiger partial charge in [-0.25, -0.2) is 14.8 Å². The molecule has 0 bridgehead atoms. The second kappa shape index (κ2) is 10.2. The van der Waals surface area contributed by atoms with Crippen molar-refractivity contribution in [3.8, 4) is 28.7 Å². The molecular weight excluding hydrogens is 560 g/mol. The molecule has 0 atom stereocenters. The molecule has 0 radical (unpaired) electrons. The fourth-order valence-corrected chi connectivity index (χ4v) is 5.44. The van der Waals surface area contributed by atoms with Crippen LogP contribution in [0.25, 0.3) is 33.7 Å². The number of aromatic nitrogens is 3. The van der Waals surface area contributed by atoms with Gasteiger partial charge in [0.1, 0.15) is 17.9 Å². The first-order valence-electron chi connectivity index (χ1n) is 12.7. The van der Waals surface area contributed by atoms with Crippen molar-refractivity contribution in [1.82, 2.24) is 19.4 Å². The third kappa shape index (κ3) is 4.34. The Hall–Kier alpha value is -5.47. The SMILES string of the molecule is Cc1c(-c2nc3cc(C=O)cc(C#N)c3o2)cccc1-c1cccc(NC(=O)c2nc3c(n2C)CN(C(=O)O)C3)c1Cl. The largest absolute Gasteiger partial charge is 0.465 e. The Morgan fingerprint density at radius 2 is 1.86 bits per heavy atom. The lowest BCUT2D eigenvalue weighted by Gasteiger charge is -2.15. The molecule has 2 amide bonds. The molecule has 3 heterocycles. The summed E-state index contributed by atoms with van der Waals surface area (Å²) in [5.74, 6) is -0.0448. The lowest BCUT2D eigenvalue weighted by molar-refractivity contribution is 0.101. The molecule has 42 heavy (non-hydrogen) atoms. The number of halogens is 1. The Morgan fingerprint density at radius 1 is 1.12 bits per heavy atom. The molecule has 0 fully saturated rings. The van der Waals surface area contributed by atoms with Crippen LogP contribution < -0.4 is 5.32 Å². The molecule has 208 valence electrons. The zero-order chi connectivity index (χ0) is 29.7. The van der Waals surface area contributed by atoms with Gasteiger partial charge in [0.2, 0.25) is 5.89 Å². The van der Waals surface area contributed by atoms with E-state index in [2.05, 4.69) is 15.3 Å². The Morgan fingerprint density at radius 3 is 2.57 bits per heavy atom. The second-order valence-corrected chi connectivity index (χ2v) is 10.2. The topological polar surface area (TPSA) is 154 Å². The third-order valence-corrected chi connectivity index (χ3v) is 7.73. The average molecular weight is 581 g/mol. The van der Waals surface area contributed by atoms with E-state index in [4.69, 9.17) is 16.0 Å². The quantitative estimate of drug-likeness (QED) is 0.248. The van der Waals surface area contributed by atoms with Crippen LogP contribution in [0.4, 0.5) is 10.5 Å². The Kier molecular flexibility index (Phi) is 6.48. The predicted molar refractivity (Wildman–Crippen MR) is 153 cm³/mol. The predicted octanol–water partition coefficient (Wildman–Crippen LogP) is 5.79. The molecule has 0 unspecified atom stereocenters. The summed E-state index contributed by atoms with van der Waals surface area (Å²) in [6.45, 7) is 2.16. The second-order valence-electron chi connectivity index (χ2n) is 9.79. The molecule has 3 aromatic carbocycles. The van der Waals surface area contributed by atoms with E-state index in [-0.39, 0.29) is 30.4 Å². The van der Waals surface area contributed by atoms with Crippen molar-refractivity contribution in [1.29, 1.82) is 5.26 Å². The van der Waals surface area contributed by atoms with Crippen molar-refractivity contribution in [3.05, 3.63) is 87.5 Å². The van der Waals surface area contributed by atoms with Crippen LogP contribution in [-0.4, -0.2) is 42.8 Å². The number of hydrogen-bond donors (Lipinski definition) is 2. The van der Waals surface area contributed by atoms with Gasteiger partial charge in [0.15, 0.2) is 11.4 Å². The maximum atomic E-state index is 13.2. The molecule has 5 aromatic rings. The number of nitriles is 1. The van der Waals surface area contributed by atoms with E-state index in [0.29, 0.717) is 56.2 Å². The first-order valence-corrected chi connectivity index (χ1v) is 13.1. The van der Waals surface area contributed by atoms with Crippen molar-refractivity contribution in [2.45, 2.75) is 20.0 Å². The van der Waals surface area contributed by atoms with Crippen molar-refractivity contribution < 1.29 is 23.9 Å². The van der Waals surface area contributed by atoms with Gasteiger partial charge in [0.25, 0.3) is 5.91 Å². The van der Waals surface area contributed by atoms with Gasteiger partial charge in [-0.2, -0.15) is 5.26 Å². The molecule has 0 saturated heterocycles. The number of rotatable bonds is 5. The highest BCUT2D eigenvalue weighted by Crippen LogP contribution is 2.39. The Balaban J connectivity index is 1.33. The zero-order valence-electron chi connectivity index (χ0n) is 22.3. The van der Waals surface area contributed by atoms with Gasteiger partial charge in [-0.3, -0.25) is 14.5 Å². The first kappa shape index (κ1) is 26.7. The van der Waals surface area contributed by atoms with Crippen LogP contribution in [0.2, 0.25) is 5.02 Å². The summed E-state index contributed by atoms with van der Waals surface area (Å²) in [5, 5.41) is 21.9. The van der Waals surface area contributed by atoms with Gasteiger partial charge in [0.05, 0.1) is 40.8 Å². The van der Waals surface area contributed by atoms with E-state index in [9.17, 15) is 24.8 Å². The summed E-state index contributed by atoms with van der Waals surface area (Å²) in [5.41, 5.74) is 5.71. The number of imidazole rings is 1. The highest BCUT2D eigenvalue weighted by atomic mass is 35.5. The Labute approximate surface area is 243 Å². The number of benzene rings is 3. The molecule has 11 nitrogen and oxygen atoms in total. The number of carbonyl (C=O) groups is 3. The number of fused-ring (bicyclic) bond motifs is 2. The van der Waals surface area contributed by atoms with Crippen LogP contribution in [0, 0.1) is 18.3 Å². The van der Waals surface area contributed by atoms with Gasteiger partial charge in [-0.15, -0.1) is 0 Å². The van der Waals surface area contributed by atoms with E-state index >= 15 is 0 Å². The number of oxazole rings is 1. The fourth-order valence-electron chi connectivity index (χ4n) is 5.16. The first-order chi connectivity index (χ1) is 20.2. The summed E-state index contributed by atoms with van der Waals surface area (Å²) in [6.07, 6.45) is -0.390. The van der Waals surface area contributed by atoms with Gasteiger partial charge >= 0.3 is 6.09 Å². The molecule has 0 spiro atoms. The van der Waals surface area contributed by atoms with Crippen LogP contribution in [-0.2, 0) is 20.1 Å². The number of amides is 2. The molecule has 2 N–H and O–H groups in total. The van der Waals surface area contributed by atoms with Crippen molar-refractivity contribution in [3.63, 3.8) is 0 Å². The molecule has 1 aliphatic rings. The van der Waals surface area contributed by atoms with Crippen molar-refractivity contribution >= 4 is 46.7 Å². The van der Waals surface area contributed by atoms with E-state index in [0.717, 1.165) is 11.1 Å². The van der Waals surface area contributed by atoms with Gasteiger partial charge in [-0.05, 0) is 42.3 Å². The summed E-state index contributed by atoms with van der Waals surface area (Å²) in [6, 6.07) is 15.9. The molecule has 0 saturated carbocycles. The number of nitrogens with zero attached hydrogens (tertiary/aromatic N) is 5. The number of nitrogens with one attached hydrogen (secondary N) is 1. The van der Waals surface area contributed by atoms with Crippen LogP contribution in [0.15, 0.2) is 52.9 Å². The van der Waals surface area contributed by atoms with E-state index < -0.39 is 12.0 Å². The fraction of sp³-hybridized carbons (Fsp3) is 0.133. The summed E-state index contributed by atoms with van der Waals surface area (Å²) in [7, 11) is 1.67. The smallest absolute Gasteiger partial charge is 0.408 e. The van der Waals surface area contributed by atoms with E-state index in [1.165, 1.54) is 11.0 Å². The monoisotopic (exact) mass is 580 g/mol. The van der Waals surface area contributed by atoms with E-state index in [1.54, 1.807) is 29.8 Å². The molecule has 2 aromatic heterocycles. The molecule has 1 aliphatic heterocycles. The van der Waals surface area contributed by atoms with E-state index in [1.807, 2.05) is 37.3 Å². The van der Waals surface area contributed by atoms with Crippen LogP contribution in [0.1, 0.15) is 43.5 Å².